The number of nitrogens with zero attached hydrogens (tertiary/aromatic N) is 5. The van der Waals surface area contributed by atoms with Gasteiger partial charge in [-0.3, -0.25) is 19.1 Å². The number of nitrogens with one attached hydrogen (secondary N) is 1. The highest BCUT2D eigenvalue weighted by atomic mass is 35.5. The van der Waals surface area contributed by atoms with Gasteiger partial charge in [-0.15, -0.1) is 0 Å². The Labute approximate surface area is 244 Å². The number of amides is 1. The highest BCUT2D eigenvalue weighted by Crippen LogP contribution is 2.38. The Morgan fingerprint density at radius 2 is 1.85 bits per heavy atom. The lowest BCUT2D eigenvalue weighted by molar-refractivity contribution is -0.127. The monoisotopic (exact) mass is 584 g/mol. The molecule has 0 atom stereocenters. The Morgan fingerprint density at radius 1 is 1.10 bits per heavy atom. The molecule has 4 rings (SSSR count). The first-order chi connectivity index (χ1) is 19.7. The van der Waals surface area contributed by atoms with E-state index in [1.54, 1.807) is 35.0 Å². The third-order valence-electron chi connectivity index (χ3n) is 6.93. The summed E-state index contributed by atoms with van der Waals surface area (Å²) in [7, 11) is 3.05. The van der Waals surface area contributed by atoms with Crippen LogP contribution in [0.1, 0.15) is 20.3 Å². The number of carbonyl (C=O) groups excluding carboxylic acids is 1. The van der Waals surface area contributed by atoms with Crippen molar-refractivity contribution >= 4 is 34.5 Å². The molecule has 1 aromatic carbocycles. The second-order valence-corrected chi connectivity index (χ2v) is 10.4. The number of fused-ring (bicyclic) bond motifs is 1. The number of methoxy groups -OCH3 is 2. The number of aliphatic hydroxyl groups excluding tert-OH is 1. The molecule has 0 unspecified atom stereocenters. The summed E-state index contributed by atoms with van der Waals surface area (Å²) in [6.07, 6.45) is 4.02. The van der Waals surface area contributed by atoms with E-state index >= 15 is 0 Å². The van der Waals surface area contributed by atoms with Crippen molar-refractivity contribution in [3.05, 3.63) is 51.4 Å². The molecule has 41 heavy (non-hydrogen) atoms. The van der Waals surface area contributed by atoms with Crippen LogP contribution in [0.15, 0.2) is 40.8 Å². The van der Waals surface area contributed by atoms with Crippen molar-refractivity contribution < 1.29 is 19.4 Å². The predicted octanol–water partition coefficient (Wildman–Crippen LogP) is 3.03. The quantitative estimate of drug-likeness (QED) is 0.327. The first-order valence-corrected chi connectivity index (χ1v) is 14.0. The summed E-state index contributed by atoms with van der Waals surface area (Å²) in [5.41, 5.74) is 2.09. The van der Waals surface area contributed by atoms with Gasteiger partial charge in [-0.25, -0.2) is 4.98 Å². The fourth-order valence-electron chi connectivity index (χ4n) is 4.83. The third kappa shape index (κ3) is 7.16. The van der Waals surface area contributed by atoms with Crippen LogP contribution in [0.25, 0.3) is 22.2 Å². The minimum atomic E-state index is -0.251. The maximum atomic E-state index is 14.0. The van der Waals surface area contributed by atoms with Crippen LogP contribution in [0.3, 0.4) is 0 Å². The zero-order valence-corrected chi connectivity index (χ0v) is 24.7. The lowest BCUT2D eigenvalue weighted by Crippen LogP contribution is -2.48. The van der Waals surface area contributed by atoms with Crippen LogP contribution in [0.2, 0.25) is 5.02 Å². The smallest absolute Gasteiger partial charge is 0.260 e. The van der Waals surface area contributed by atoms with E-state index in [9.17, 15) is 14.7 Å². The van der Waals surface area contributed by atoms with E-state index in [1.807, 2.05) is 18.7 Å². The van der Waals surface area contributed by atoms with Crippen LogP contribution in [-0.2, 0) is 11.3 Å². The van der Waals surface area contributed by atoms with Crippen molar-refractivity contribution in [1.29, 1.82) is 0 Å². The second kappa shape index (κ2) is 13.8. The Morgan fingerprint density at radius 3 is 2.51 bits per heavy atom. The minimum Gasteiger partial charge on any atom is -0.497 e. The van der Waals surface area contributed by atoms with E-state index in [4.69, 9.17) is 21.1 Å². The lowest BCUT2D eigenvalue weighted by atomic mass is 10.0. The number of benzene rings is 1. The Bertz CT molecular complexity index is 1480. The number of aryl methyl sites for hydroxylation is 1. The van der Waals surface area contributed by atoms with Gasteiger partial charge in [0.25, 0.3) is 5.56 Å². The topological polar surface area (TPSA) is 122 Å². The molecule has 1 amide bonds. The molecule has 0 bridgehead atoms. The van der Waals surface area contributed by atoms with Gasteiger partial charge in [0.1, 0.15) is 17.1 Å². The first-order valence-electron chi connectivity index (χ1n) is 13.6. The SMILES string of the molecule is COc1cc(OC)c(Cl)c(-c2cc3cnc(NCCO)nc3n(CCCN3CCN(C(=O)C=C(C)C)CC3)c2=O)c1. The highest BCUT2D eigenvalue weighted by Gasteiger charge is 2.21. The number of pyridine rings is 1. The number of allylic oxidation sites excluding steroid dienone is 1. The van der Waals surface area contributed by atoms with Gasteiger partial charge in [-0.05, 0) is 38.9 Å². The van der Waals surface area contributed by atoms with E-state index in [2.05, 4.69) is 20.2 Å². The van der Waals surface area contributed by atoms with Gasteiger partial charge in [-0.1, -0.05) is 17.2 Å². The van der Waals surface area contributed by atoms with Crippen molar-refractivity contribution in [3.8, 4) is 22.6 Å². The summed E-state index contributed by atoms with van der Waals surface area (Å²) in [5, 5.41) is 13.1. The molecule has 12 heteroatoms. The summed E-state index contributed by atoms with van der Waals surface area (Å²) in [6, 6.07) is 5.11. The average Bonchev–Trinajstić information content (AvgIpc) is 2.97. The van der Waals surface area contributed by atoms with E-state index in [1.165, 1.54) is 14.2 Å². The maximum absolute atomic E-state index is 14.0. The molecule has 0 spiro atoms. The molecular formula is C29H37ClN6O5. The van der Waals surface area contributed by atoms with Crippen molar-refractivity contribution in [3.63, 3.8) is 0 Å². The van der Waals surface area contributed by atoms with Crippen LogP contribution >= 0.6 is 11.6 Å². The summed E-state index contributed by atoms with van der Waals surface area (Å²) in [5.74, 6) is 1.28. The van der Waals surface area contributed by atoms with Gasteiger partial charge in [0.2, 0.25) is 11.9 Å². The number of aromatic nitrogens is 3. The van der Waals surface area contributed by atoms with Crippen molar-refractivity contribution in [2.24, 2.45) is 0 Å². The van der Waals surface area contributed by atoms with Crippen molar-refractivity contribution in [2.75, 3.05) is 65.4 Å². The number of piperazine rings is 1. The number of ether oxygens (including phenoxy) is 2. The Hall–Kier alpha value is -3.67. The Balaban J connectivity index is 1.63. The number of halogens is 1. The number of carbonyl (C=O) groups is 1. The van der Waals surface area contributed by atoms with Crippen LogP contribution in [0.5, 0.6) is 11.5 Å². The maximum Gasteiger partial charge on any atom is 0.260 e. The molecule has 3 heterocycles. The third-order valence-corrected chi connectivity index (χ3v) is 7.32. The lowest BCUT2D eigenvalue weighted by Gasteiger charge is -2.34. The largest absolute Gasteiger partial charge is 0.497 e. The molecule has 1 aliphatic rings. The predicted molar refractivity (Wildman–Crippen MR) is 160 cm³/mol. The van der Waals surface area contributed by atoms with Crippen LogP contribution in [0, 0.1) is 0 Å². The van der Waals surface area contributed by atoms with Crippen molar-refractivity contribution in [2.45, 2.75) is 26.8 Å². The van der Waals surface area contributed by atoms with Gasteiger partial charge in [0.15, 0.2) is 0 Å². The number of hydrogen-bond acceptors (Lipinski definition) is 9. The fraction of sp³-hybridized carbons (Fsp3) is 0.448. The molecule has 220 valence electrons. The molecule has 1 fully saturated rings. The van der Waals surface area contributed by atoms with Crippen LogP contribution in [0.4, 0.5) is 5.95 Å². The van der Waals surface area contributed by atoms with E-state index in [0.717, 1.165) is 25.2 Å². The molecular weight excluding hydrogens is 548 g/mol. The molecule has 11 nitrogen and oxygen atoms in total. The fourth-order valence-corrected chi connectivity index (χ4v) is 5.12. The summed E-state index contributed by atoms with van der Waals surface area (Å²) in [4.78, 5) is 39.5. The van der Waals surface area contributed by atoms with Crippen LogP contribution < -0.4 is 20.3 Å². The first kappa shape index (κ1) is 30.3. The molecule has 2 aromatic heterocycles. The summed E-state index contributed by atoms with van der Waals surface area (Å²) < 4.78 is 12.5. The van der Waals surface area contributed by atoms with Gasteiger partial charge in [-0.2, -0.15) is 4.98 Å². The zero-order valence-electron chi connectivity index (χ0n) is 23.9. The summed E-state index contributed by atoms with van der Waals surface area (Å²) in [6.45, 7) is 8.12. The molecule has 0 saturated carbocycles. The summed E-state index contributed by atoms with van der Waals surface area (Å²) >= 11 is 6.67. The molecule has 0 aliphatic carbocycles. The van der Waals surface area contributed by atoms with E-state index < -0.39 is 0 Å². The van der Waals surface area contributed by atoms with Gasteiger partial charge < -0.3 is 24.8 Å². The zero-order chi connectivity index (χ0) is 29.5. The number of hydrogen-bond donors (Lipinski definition) is 2. The van der Waals surface area contributed by atoms with E-state index in [0.29, 0.717) is 70.7 Å². The van der Waals surface area contributed by atoms with Gasteiger partial charge >= 0.3 is 0 Å². The Kier molecular flexibility index (Phi) is 10.2. The number of rotatable bonds is 11. The number of aliphatic hydroxyl groups is 1. The van der Waals surface area contributed by atoms with E-state index in [-0.39, 0.29) is 24.6 Å². The molecule has 1 saturated heterocycles. The van der Waals surface area contributed by atoms with Crippen molar-refractivity contribution in [1.82, 2.24) is 24.3 Å². The highest BCUT2D eigenvalue weighted by molar-refractivity contribution is 6.35. The molecule has 2 N–H and O–H groups in total. The normalized spacial score (nSPS) is 13.8. The molecule has 3 aromatic rings. The number of anilines is 1. The average molecular weight is 585 g/mol. The standard InChI is InChI=1S/C29H37ClN6O5/c1-19(2)14-25(38)35-11-9-34(10-12-35)7-5-8-36-27-20(18-32-29(33-27)31-6-13-37)15-23(28(36)39)22-16-21(40-3)17-24(41-4)26(22)30/h14-18,37H,5-13H2,1-4H3,(H,31,32,33). The van der Waals surface area contributed by atoms with Gasteiger partial charge in [0.05, 0.1) is 25.8 Å². The minimum absolute atomic E-state index is 0.0533. The van der Waals surface area contributed by atoms with Gasteiger partial charge in [0, 0.05) is 74.1 Å². The molecule has 1 aliphatic heterocycles. The second-order valence-electron chi connectivity index (χ2n) is 10.1. The van der Waals surface area contributed by atoms with Crippen LogP contribution in [-0.4, -0.2) is 95.4 Å². The molecule has 0 radical (unpaired) electrons.